The van der Waals surface area contributed by atoms with Crippen molar-refractivity contribution in [1.29, 1.82) is 0 Å². The SMILES string of the molecule is C1CC1.Cc1nc(Cl)ncc1-c1ccc2cc(NC(=O)O)ncc2c1. The Kier molecular flexibility index (Phi) is 5.09. The van der Waals surface area contributed by atoms with Crippen LogP contribution in [0.1, 0.15) is 25.0 Å². The van der Waals surface area contributed by atoms with Crippen LogP contribution in [-0.4, -0.2) is 26.2 Å². The molecule has 0 atom stereocenters. The van der Waals surface area contributed by atoms with Gasteiger partial charge in [0.2, 0.25) is 5.28 Å². The molecular formula is C18H17ClN4O2. The van der Waals surface area contributed by atoms with Gasteiger partial charge in [-0.15, -0.1) is 0 Å². The summed E-state index contributed by atoms with van der Waals surface area (Å²) in [5.74, 6) is 0.291. The summed E-state index contributed by atoms with van der Waals surface area (Å²) in [4.78, 5) is 22.9. The predicted octanol–water partition coefficient (Wildman–Crippen LogP) is 4.91. The summed E-state index contributed by atoms with van der Waals surface area (Å²) in [5.41, 5.74) is 2.62. The van der Waals surface area contributed by atoms with Crippen LogP contribution in [0.5, 0.6) is 0 Å². The van der Waals surface area contributed by atoms with Crippen LogP contribution in [0, 0.1) is 6.92 Å². The number of hydrogen-bond acceptors (Lipinski definition) is 4. The van der Waals surface area contributed by atoms with Crippen LogP contribution in [0.3, 0.4) is 0 Å². The summed E-state index contributed by atoms with van der Waals surface area (Å²) in [7, 11) is 0. The van der Waals surface area contributed by atoms with Gasteiger partial charge in [-0.05, 0) is 41.6 Å². The molecule has 0 saturated heterocycles. The Bertz CT molecular complexity index is 925. The van der Waals surface area contributed by atoms with Gasteiger partial charge in [0.05, 0.1) is 5.69 Å². The third-order valence-electron chi connectivity index (χ3n) is 3.57. The molecule has 1 fully saturated rings. The molecule has 2 aromatic heterocycles. The van der Waals surface area contributed by atoms with Crippen molar-refractivity contribution in [3.05, 3.63) is 47.6 Å². The van der Waals surface area contributed by atoms with E-state index >= 15 is 0 Å². The molecule has 1 aliphatic rings. The first-order chi connectivity index (χ1) is 12.0. The van der Waals surface area contributed by atoms with Gasteiger partial charge in [-0.1, -0.05) is 31.4 Å². The second kappa shape index (κ2) is 7.44. The Hall–Kier alpha value is -2.73. The lowest BCUT2D eigenvalue weighted by molar-refractivity contribution is 0.209. The first kappa shape index (κ1) is 17.1. The second-order valence-corrected chi connectivity index (χ2v) is 6.10. The van der Waals surface area contributed by atoms with Gasteiger partial charge in [0, 0.05) is 23.3 Å². The van der Waals surface area contributed by atoms with Gasteiger partial charge >= 0.3 is 6.09 Å². The lowest BCUT2D eigenvalue weighted by Gasteiger charge is -2.07. The molecule has 25 heavy (non-hydrogen) atoms. The number of aromatic nitrogens is 3. The first-order valence-electron chi connectivity index (χ1n) is 7.92. The maximum absolute atomic E-state index is 10.6. The number of rotatable bonds is 2. The van der Waals surface area contributed by atoms with Crippen molar-refractivity contribution in [2.24, 2.45) is 0 Å². The normalized spacial score (nSPS) is 12.2. The van der Waals surface area contributed by atoms with E-state index in [0.717, 1.165) is 27.6 Å². The summed E-state index contributed by atoms with van der Waals surface area (Å²) >= 11 is 5.77. The number of halogens is 1. The molecule has 0 radical (unpaired) electrons. The van der Waals surface area contributed by atoms with Crippen LogP contribution in [-0.2, 0) is 0 Å². The number of pyridine rings is 1. The van der Waals surface area contributed by atoms with E-state index in [0.29, 0.717) is 5.82 Å². The van der Waals surface area contributed by atoms with E-state index < -0.39 is 6.09 Å². The number of carboxylic acid groups (broad SMARTS) is 1. The van der Waals surface area contributed by atoms with Gasteiger partial charge in [0.1, 0.15) is 5.82 Å². The number of amides is 1. The van der Waals surface area contributed by atoms with E-state index in [2.05, 4.69) is 20.3 Å². The molecule has 1 aromatic carbocycles. The molecule has 1 saturated carbocycles. The van der Waals surface area contributed by atoms with E-state index in [1.807, 2.05) is 25.1 Å². The van der Waals surface area contributed by atoms with Gasteiger partial charge in [0.15, 0.2) is 0 Å². The predicted molar refractivity (Wildman–Crippen MR) is 98.0 cm³/mol. The number of anilines is 1. The Balaban J connectivity index is 0.000000549. The minimum absolute atomic E-state index is 0.216. The zero-order valence-corrected chi connectivity index (χ0v) is 14.4. The van der Waals surface area contributed by atoms with Gasteiger partial charge in [-0.3, -0.25) is 5.32 Å². The van der Waals surface area contributed by atoms with E-state index in [-0.39, 0.29) is 5.28 Å². The Morgan fingerprint density at radius 2 is 1.88 bits per heavy atom. The van der Waals surface area contributed by atoms with Crippen molar-refractivity contribution < 1.29 is 9.90 Å². The number of hydrogen-bond donors (Lipinski definition) is 2. The van der Waals surface area contributed by atoms with Crippen molar-refractivity contribution in [3.8, 4) is 11.1 Å². The lowest BCUT2D eigenvalue weighted by atomic mass is 10.0. The molecule has 3 aromatic rings. The van der Waals surface area contributed by atoms with Crippen LogP contribution in [0.4, 0.5) is 10.6 Å². The van der Waals surface area contributed by atoms with Gasteiger partial charge < -0.3 is 5.11 Å². The van der Waals surface area contributed by atoms with Crippen molar-refractivity contribution >= 4 is 34.3 Å². The zero-order chi connectivity index (χ0) is 17.8. The maximum Gasteiger partial charge on any atom is 0.410 e. The fourth-order valence-electron chi connectivity index (χ4n) is 2.21. The fraction of sp³-hybridized carbons (Fsp3) is 0.222. The topological polar surface area (TPSA) is 88.0 Å². The lowest BCUT2D eigenvalue weighted by Crippen LogP contribution is -2.08. The number of aryl methyl sites for hydroxylation is 1. The van der Waals surface area contributed by atoms with Crippen LogP contribution >= 0.6 is 11.6 Å². The second-order valence-electron chi connectivity index (χ2n) is 5.76. The molecule has 2 N–H and O–H groups in total. The highest BCUT2D eigenvalue weighted by Gasteiger charge is 2.07. The average Bonchev–Trinajstić information content (AvgIpc) is 3.43. The summed E-state index contributed by atoms with van der Waals surface area (Å²) in [5, 5.41) is 12.9. The number of benzene rings is 1. The maximum atomic E-state index is 10.6. The molecule has 4 rings (SSSR count). The third-order valence-corrected chi connectivity index (χ3v) is 3.75. The summed E-state index contributed by atoms with van der Waals surface area (Å²) < 4.78 is 0. The molecule has 7 heteroatoms. The molecule has 0 unspecified atom stereocenters. The van der Waals surface area contributed by atoms with E-state index in [4.69, 9.17) is 16.7 Å². The monoisotopic (exact) mass is 356 g/mol. The number of nitrogens with one attached hydrogen (secondary N) is 1. The minimum Gasteiger partial charge on any atom is -0.465 e. The smallest absolute Gasteiger partial charge is 0.410 e. The average molecular weight is 357 g/mol. The summed E-state index contributed by atoms with van der Waals surface area (Å²) in [6.45, 7) is 1.87. The molecule has 6 nitrogen and oxygen atoms in total. The molecule has 0 bridgehead atoms. The molecule has 0 aliphatic heterocycles. The van der Waals surface area contributed by atoms with Crippen molar-refractivity contribution in [2.75, 3.05) is 5.32 Å². The highest BCUT2D eigenvalue weighted by Crippen LogP contribution is 2.27. The van der Waals surface area contributed by atoms with Crippen molar-refractivity contribution in [1.82, 2.24) is 15.0 Å². The molecule has 1 aliphatic carbocycles. The largest absolute Gasteiger partial charge is 0.465 e. The number of carbonyl (C=O) groups is 1. The summed E-state index contributed by atoms with van der Waals surface area (Å²) in [6.07, 6.45) is 6.66. The summed E-state index contributed by atoms with van der Waals surface area (Å²) in [6, 6.07) is 7.45. The van der Waals surface area contributed by atoms with Crippen LogP contribution in [0.2, 0.25) is 5.28 Å². The molecular weight excluding hydrogens is 340 g/mol. The highest BCUT2D eigenvalue weighted by atomic mass is 35.5. The van der Waals surface area contributed by atoms with E-state index in [1.54, 1.807) is 18.5 Å². The van der Waals surface area contributed by atoms with Crippen LogP contribution in [0.25, 0.3) is 21.9 Å². The third kappa shape index (κ3) is 4.64. The number of nitrogens with zero attached hydrogens (tertiary/aromatic N) is 3. The van der Waals surface area contributed by atoms with Crippen LogP contribution in [0.15, 0.2) is 36.7 Å². The highest BCUT2D eigenvalue weighted by molar-refractivity contribution is 6.28. The van der Waals surface area contributed by atoms with Crippen molar-refractivity contribution in [2.45, 2.75) is 26.2 Å². The fourth-order valence-corrected chi connectivity index (χ4v) is 2.38. The Morgan fingerprint density at radius 1 is 1.12 bits per heavy atom. The number of fused-ring (bicyclic) bond motifs is 1. The van der Waals surface area contributed by atoms with E-state index in [9.17, 15) is 4.79 Å². The van der Waals surface area contributed by atoms with Gasteiger partial charge in [-0.2, -0.15) is 0 Å². The van der Waals surface area contributed by atoms with Crippen LogP contribution < -0.4 is 5.32 Å². The van der Waals surface area contributed by atoms with E-state index in [1.165, 1.54) is 19.3 Å². The zero-order valence-electron chi connectivity index (χ0n) is 13.7. The van der Waals surface area contributed by atoms with Gasteiger partial charge in [-0.25, -0.2) is 19.7 Å². The molecule has 1 amide bonds. The Morgan fingerprint density at radius 3 is 2.52 bits per heavy atom. The standard InChI is InChI=1S/C15H11ClN4O2.C3H6/c1-8-12(7-18-14(16)19-8)10-3-2-9-5-13(20-15(21)22)17-6-11(9)4-10;1-2-3-1/h2-7H,1H3,(H,17,20)(H,21,22);1-3H2. The van der Waals surface area contributed by atoms with Gasteiger partial charge in [0.25, 0.3) is 0 Å². The molecule has 2 heterocycles. The molecule has 0 spiro atoms. The van der Waals surface area contributed by atoms with Crippen molar-refractivity contribution in [3.63, 3.8) is 0 Å². The molecule has 128 valence electrons. The quantitative estimate of drug-likeness (QED) is 0.636. The minimum atomic E-state index is -1.14. The first-order valence-corrected chi connectivity index (χ1v) is 8.30. The Labute approximate surface area is 149 Å².